The van der Waals surface area contributed by atoms with Gasteiger partial charge >= 0.3 is 0 Å². The summed E-state index contributed by atoms with van der Waals surface area (Å²) >= 11 is 1.81. The average Bonchev–Trinajstić information content (AvgIpc) is 3.06. The molecule has 2 N–H and O–H groups in total. The van der Waals surface area contributed by atoms with Gasteiger partial charge in [-0.3, -0.25) is 0 Å². The van der Waals surface area contributed by atoms with Crippen LogP contribution in [0.25, 0.3) is 11.0 Å². The predicted octanol–water partition coefficient (Wildman–Crippen LogP) is 3.74. The molecule has 0 bridgehead atoms. The highest BCUT2D eigenvalue weighted by molar-refractivity contribution is 7.99. The van der Waals surface area contributed by atoms with Crippen LogP contribution < -0.4 is 5.32 Å². The van der Waals surface area contributed by atoms with Crippen LogP contribution in [-0.2, 0) is 0 Å². The van der Waals surface area contributed by atoms with E-state index in [2.05, 4.69) is 40.4 Å². The summed E-state index contributed by atoms with van der Waals surface area (Å²) in [6.45, 7) is 4.37. The van der Waals surface area contributed by atoms with Crippen LogP contribution in [0.5, 0.6) is 0 Å². The second-order valence-electron chi connectivity index (χ2n) is 5.77. The molecule has 0 spiro atoms. The Morgan fingerprint density at radius 3 is 3.05 bits per heavy atom. The molecule has 0 aliphatic heterocycles. The Morgan fingerprint density at radius 2 is 2.20 bits per heavy atom. The fraction of sp³-hybridized carbons (Fsp3) is 0.562. The number of aromatic nitrogens is 2. The summed E-state index contributed by atoms with van der Waals surface area (Å²) in [6.07, 6.45) is 5.70. The van der Waals surface area contributed by atoms with Crippen LogP contribution in [0.3, 0.4) is 0 Å². The minimum atomic E-state index is 0.925. The molecule has 1 aliphatic rings. The van der Waals surface area contributed by atoms with Gasteiger partial charge in [0, 0.05) is 12.3 Å². The van der Waals surface area contributed by atoms with Crippen LogP contribution in [0.15, 0.2) is 23.4 Å². The summed E-state index contributed by atoms with van der Waals surface area (Å²) in [6, 6.07) is 6.36. The smallest absolute Gasteiger partial charge is 0.166 e. The first-order valence-corrected chi connectivity index (χ1v) is 8.60. The van der Waals surface area contributed by atoms with E-state index in [1.54, 1.807) is 11.8 Å². The molecule has 0 unspecified atom stereocenters. The van der Waals surface area contributed by atoms with Crippen molar-refractivity contribution in [2.45, 2.75) is 37.8 Å². The summed E-state index contributed by atoms with van der Waals surface area (Å²) in [5.74, 6) is 2.00. The van der Waals surface area contributed by atoms with Gasteiger partial charge in [-0.2, -0.15) is 0 Å². The van der Waals surface area contributed by atoms with E-state index in [9.17, 15) is 0 Å². The number of nitrogens with zero attached hydrogens (tertiary/aromatic N) is 1. The molecule has 0 radical (unpaired) electrons. The van der Waals surface area contributed by atoms with Crippen LogP contribution in [0.2, 0.25) is 0 Å². The van der Waals surface area contributed by atoms with Crippen molar-refractivity contribution in [1.29, 1.82) is 0 Å². The quantitative estimate of drug-likeness (QED) is 0.628. The second-order valence-corrected chi connectivity index (χ2v) is 6.85. The lowest BCUT2D eigenvalue weighted by Crippen LogP contribution is -2.23. The number of hydrogen-bond donors (Lipinski definition) is 2. The van der Waals surface area contributed by atoms with Gasteiger partial charge in [-0.15, -0.1) is 0 Å². The van der Waals surface area contributed by atoms with Gasteiger partial charge in [0.25, 0.3) is 0 Å². The molecule has 0 atom stereocenters. The van der Waals surface area contributed by atoms with Crippen molar-refractivity contribution < 1.29 is 0 Å². The third-order valence-corrected chi connectivity index (χ3v) is 4.92. The van der Waals surface area contributed by atoms with Gasteiger partial charge < -0.3 is 10.3 Å². The Hall–Kier alpha value is -1.00. The molecule has 1 saturated carbocycles. The highest BCUT2D eigenvalue weighted by Crippen LogP contribution is 2.24. The van der Waals surface area contributed by atoms with Crippen LogP contribution in [-0.4, -0.2) is 28.8 Å². The Bertz CT molecular complexity index is 558. The lowest BCUT2D eigenvalue weighted by atomic mass is 10.1. The van der Waals surface area contributed by atoms with Crippen molar-refractivity contribution in [3.8, 4) is 0 Å². The molecular formula is C16H23N3S. The topological polar surface area (TPSA) is 40.7 Å². The SMILES string of the molecule is Cc1ccc2nc(SCCNCC3CCCC3)[nH]c2c1. The standard InChI is InChI=1S/C16H23N3S/c1-12-6-7-14-15(10-12)19-16(18-14)20-9-8-17-11-13-4-2-3-5-13/h6-7,10,13,17H,2-5,8-9,11H2,1H3,(H,18,19). The number of aromatic amines is 1. The van der Waals surface area contributed by atoms with Gasteiger partial charge in [-0.1, -0.05) is 30.7 Å². The third-order valence-electron chi connectivity index (χ3n) is 4.04. The van der Waals surface area contributed by atoms with Gasteiger partial charge in [0.05, 0.1) is 11.0 Å². The molecule has 1 heterocycles. The molecule has 1 aromatic carbocycles. The van der Waals surface area contributed by atoms with Gasteiger partial charge in [0.1, 0.15) is 0 Å². The van der Waals surface area contributed by atoms with E-state index in [1.807, 2.05) is 0 Å². The van der Waals surface area contributed by atoms with Crippen LogP contribution in [0.4, 0.5) is 0 Å². The van der Waals surface area contributed by atoms with Gasteiger partial charge in [0.2, 0.25) is 0 Å². The number of hydrogen-bond acceptors (Lipinski definition) is 3. The molecule has 3 rings (SSSR count). The highest BCUT2D eigenvalue weighted by atomic mass is 32.2. The third kappa shape index (κ3) is 3.55. The van der Waals surface area contributed by atoms with Crippen molar-refractivity contribution in [3.05, 3.63) is 23.8 Å². The maximum absolute atomic E-state index is 4.61. The molecule has 20 heavy (non-hydrogen) atoms. The van der Waals surface area contributed by atoms with E-state index in [0.29, 0.717) is 0 Å². The number of imidazole rings is 1. The number of fused-ring (bicyclic) bond motifs is 1. The zero-order valence-corrected chi connectivity index (χ0v) is 12.9. The molecule has 108 valence electrons. The number of thioether (sulfide) groups is 1. The maximum atomic E-state index is 4.61. The maximum Gasteiger partial charge on any atom is 0.166 e. The lowest BCUT2D eigenvalue weighted by Gasteiger charge is -2.09. The monoisotopic (exact) mass is 289 g/mol. The largest absolute Gasteiger partial charge is 0.333 e. The molecule has 1 aliphatic carbocycles. The molecular weight excluding hydrogens is 266 g/mol. The normalized spacial score (nSPS) is 16.2. The number of rotatable bonds is 6. The first-order valence-electron chi connectivity index (χ1n) is 7.61. The lowest BCUT2D eigenvalue weighted by molar-refractivity contribution is 0.500. The summed E-state index contributed by atoms with van der Waals surface area (Å²) in [7, 11) is 0. The average molecular weight is 289 g/mol. The number of aryl methyl sites for hydroxylation is 1. The van der Waals surface area contributed by atoms with E-state index >= 15 is 0 Å². The number of nitrogens with one attached hydrogen (secondary N) is 2. The van der Waals surface area contributed by atoms with E-state index in [-0.39, 0.29) is 0 Å². The fourth-order valence-corrected chi connectivity index (χ4v) is 3.69. The number of benzene rings is 1. The molecule has 4 heteroatoms. The van der Waals surface area contributed by atoms with E-state index in [1.165, 1.54) is 37.8 Å². The summed E-state index contributed by atoms with van der Waals surface area (Å²) < 4.78 is 0. The Labute approximate surface area is 124 Å². The summed E-state index contributed by atoms with van der Waals surface area (Å²) in [5, 5.41) is 4.61. The Balaban J connectivity index is 1.42. The Kier molecular flexibility index (Phi) is 4.63. The van der Waals surface area contributed by atoms with Crippen molar-refractivity contribution in [3.63, 3.8) is 0 Å². The van der Waals surface area contributed by atoms with Crippen LogP contribution >= 0.6 is 11.8 Å². The van der Waals surface area contributed by atoms with Crippen molar-refractivity contribution >= 4 is 22.8 Å². The molecule has 1 aromatic heterocycles. The second kappa shape index (κ2) is 6.64. The Morgan fingerprint density at radius 1 is 1.35 bits per heavy atom. The van der Waals surface area contributed by atoms with Gasteiger partial charge in [0.15, 0.2) is 5.16 Å². The summed E-state index contributed by atoms with van der Waals surface area (Å²) in [4.78, 5) is 8.00. The van der Waals surface area contributed by atoms with E-state index in [4.69, 9.17) is 0 Å². The zero-order chi connectivity index (χ0) is 13.8. The van der Waals surface area contributed by atoms with Gasteiger partial charge in [-0.25, -0.2) is 4.98 Å². The molecule has 2 aromatic rings. The summed E-state index contributed by atoms with van der Waals surface area (Å²) in [5.41, 5.74) is 3.49. The van der Waals surface area contributed by atoms with Crippen molar-refractivity contribution in [2.24, 2.45) is 5.92 Å². The van der Waals surface area contributed by atoms with Gasteiger partial charge in [-0.05, 0) is 49.9 Å². The molecule has 0 amide bonds. The number of H-pyrrole nitrogens is 1. The van der Waals surface area contributed by atoms with E-state index < -0.39 is 0 Å². The fourth-order valence-electron chi connectivity index (χ4n) is 2.91. The van der Waals surface area contributed by atoms with Crippen molar-refractivity contribution in [2.75, 3.05) is 18.8 Å². The van der Waals surface area contributed by atoms with Crippen LogP contribution in [0, 0.1) is 12.8 Å². The minimum absolute atomic E-state index is 0.925. The van der Waals surface area contributed by atoms with E-state index in [0.717, 1.165) is 34.4 Å². The molecule has 1 fully saturated rings. The first-order chi connectivity index (χ1) is 9.81. The first kappa shape index (κ1) is 14.0. The highest BCUT2D eigenvalue weighted by Gasteiger charge is 2.13. The predicted molar refractivity (Wildman–Crippen MR) is 86.4 cm³/mol. The zero-order valence-electron chi connectivity index (χ0n) is 12.1. The van der Waals surface area contributed by atoms with Crippen molar-refractivity contribution in [1.82, 2.24) is 15.3 Å². The molecule has 3 nitrogen and oxygen atoms in total. The van der Waals surface area contributed by atoms with Crippen LogP contribution in [0.1, 0.15) is 31.2 Å². The molecule has 0 saturated heterocycles. The minimum Gasteiger partial charge on any atom is -0.333 e.